The van der Waals surface area contributed by atoms with Gasteiger partial charge in [0.05, 0.1) is 36.9 Å². The van der Waals surface area contributed by atoms with Gasteiger partial charge in [-0.1, -0.05) is 29.8 Å². The first kappa shape index (κ1) is 24.3. The summed E-state index contributed by atoms with van der Waals surface area (Å²) in [5.74, 6) is 0.239. The Balaban J connectivity index is 1.75. The number of ether oxygens (including phenoxy) is 3. The number of thiazole rings is 1. The van der Waals surface area contributed by atoms with E-state index in [4.69, 9.17) is 14.2 Å². The van der Waals surface area contributed by atoms with Crippen molar-refractivity contribution >= 4 is 23.2 Å². The van der Waals surface area contributed by atoms with Crippen molar-refractivity contribution in [3.05, 3.63) is 75.7 Å². The number of benzene rings is 2. The first-order valence-corrected chi connectivity index (χ1v) is 11.5. The smallest absolute Gasteiger partial charge is 0.308 e. The topological polar surface area (TPSA) is 86.8 Å². The molecule has 0 aliphatic carbocycles. The third-order valence-electron chi connectivity index (χ3n) is 4.81. The standard InChI is InChI=1S/C25H28N2O5S/c1-16(2)32-24(28)12-21(18-7-5-17(3)6-8-18)27-25(29)19-9-10-22(23(11-19)30-4)31-13-20-14-33-15-26-20/h5-11,14-16,21H,12-13H2,1-4H3,(H,27,29). The van der Waals surface area contributed by atoms with E-state index in [0.717, 1.165) is 16.8 Å². The average Bonchev–Trinajstić information content (AvgIpc) is 3.30. The highest BCUT2D eigenvalue weighted by molar-refractivity contribution is 7.07. The molecular weight excluding hydrogens is 440 g/mol. The molecule has 3 aromatic rings. The molecule has 0 bridgehead atoms. The molecule has 174 valence electrons. The van der Waals surface area contributed by atoms with Crippen molar-refractivity contribution in [3.63, 3.8) is 0 Å². The second-order valence-corrected chi connectivity index (χ2v) is 8.53. The maximum absolute atomic E-state index is 13.1. The number of esters is 1. The van der Waals surface area contributed by atoms with Crippen LogP contribution in [0.4, 0.5) is 0 Å². The van der Waals surface area contributed by atoms with E-state index in [0.29, 0.717) is 23.7 Å². The lowest BCUT2D eigenvalue weighted by atomic mass is 10.0. The van der Waals surface area contributed by atoms with Crippen molar-refractivity contribution in [2.45, 2.75) is 45.9 Å². The van der Waals surface area contributed by atoms with Gasteiger partial charge in [-0.05, 0) is 44.5 Å². The van der Waals surface area contributed by atoms with Gasteiger partial charge in [0.15, 0.2) is 11.5 Å². The molecule has 7 nitrogen and oxygen atoms in total. The molecule has 1 unspecified atom stereocenters. The van der Waals surface area contributed by atoms with Crippen molar-refractivity contribution in [1.82, 2.24) is 10.3 Å². The molecule has 1 amide bonds. The summed E-state index contributed by atoms with van der Waals surface area (Å²) >= 11 is 1.49. The number of nitrogens with one attached hydrogen (secondary N) is 1. The molecule has 0 aliphatic rings. The molecule has 1 atom stereocenters. The number of nitrogens with zero attached hydrogens (tertiary/aromatic N) is 1. The van der Waals surface area contributed by atoms with Crippen molar-refractivity contribution in [2.24, 2.45) is 0 Å². The van der Waals surface area contributed by atoms with Gasteiger partial charge in [-0.15, -0.1) is 11.3 Å². The number of carbonyl (C=O) groups excluding carboxylic acids is 2. The van der Waals surface area contributed by atoms with Gasteiger partial charge >= 0.3 is 5.97 Å². The van der Waals surface area contributed by atoms with Gasteiger partial charge in [0.1, 0.15) is 6.61 Å². The number of rotatable bonds is 10. The van der Waals surface area contributed by atoms with E-state index < -0.39 is 6.04 Å². The fraction of sp³-hybridized carbons (Fsp3) is 0.320. The van der Waals surface area contributed by atoms with E-state index >= 15 is 0 Å². The fourth-order valence-electron chi connectivity index (χ4n) is 3.16. The Kier molecular flexibility index (Phi) is 8.43. The van der Waals surface area contributed by atoms with Crippen LogP contribution in [0.3, 0.4) is 0 Å². The van der Waals surface area contributed by atoms with Crippen molar-refractivity contribution in [1.29, 1.82) is 0 Å². The Morgan fingerprint density at radius 3 is 2.48 bits per heavy atom. The molecule has 1 N–H and O–H groups in total. The normalized spacial score (nSPS) is 11.7. The van der Waals surface area contributed by atoms with Crippen LogP contribution in [0.5, 0.6) is 11.5 Å². The molecule has 0 saturated heterocycles. The molecule has 8 heteroatoms. The maximum atomic E-state index is 13.1. The molecule has 1 heterocycles. The lowest BCUT2D eigenvalue weighted by Gasteiger charge is -2.20. The van der Waals surface area contributed by atoms with Gasteiger partial charge in [0.25, 0.3) is 5.91 Å². The first-order chi connectivity index (χ1) is 15.9. The predicted molar refractivity (Wildman–Crippen MR) is 127 cm³/mol. The van der Waals surface area contributed by atoms with Gasteiger partial charge in [0.2, 0.25) is 0 Å². The number of methoxy groups -OCH3 is 1. The summed E-state index contributed by atoms with van der Waals surface area (Å²) in [6.07, 6.45) is -0.202. The Bertz CT molecular complexity index is 1060. The lowest BCUT2D eigenvalue weighted by molar-refractivity contribution is -0.147. The summed E-state index contributed by atoms with van der Waals surface area (Å²) in [6, 6.07) is 12.1. The molecule has 0 fully saturated rings. The highest BCUT2D eigenvalue weighted by Gasteiger charge is 2.21. The summed E-state index contributed by atoms with van der Waals surface area (Å²) in [5.41, 5.74) is 4.86. The summed E-state index contributed by atoms with van der Waals surface area (Å²) in [7, 11) is 1.52. The second-order valence-electron chi connectivity index (χ2n) is 7.81. The molecule has 2 aromatic carbocycles. The minimum absolute atomic E-state index is 0.0267. The Hall–Kier alpha value is -3.39. The molecular formula is C25H28N2O5S. The van der Waals surface area contributed by atoms with Crippen molar-refractivity contribution in [3.8, 4) is 11.5 Å². The summed E-state index contributed by atoms with van der Waals surface area (Å²) < 4.78 is 16.5. The quantitative estimate of drug-likeness (QED) is 0.428. The summed E-state index contributed by atoms with van der Waals surface area (Å²) in [4.78, 5) is 29.6. The predicted octanol–water partition coefficient (Wildman–Crippen LogP) is 4.85. The van der Waals surface area contributed by atoms with Crippen LogP contribution in [-0.2, 0) is 16.1 Å². The number of hydrogen-bond acceptors (Lipinski definition) is 7. The number of hydrogen-bond donors (Lipinski definition) is 1. The number of carbonyl (C=O) groups is 2. The fourth-order valence-corrected chi connectivity index (χ4v) is 3.70. The van der Waals surface area contributed by atoms with Crippen LogP contribution in [0.15, 0.2) is 53.4 Å². The highest BCUT2D eigenvalue weighted by Crippen LogP contribution is 2.29. The summed E-state index contributed by atoms with van der Waals surface area (Å²) in [6.45, 7) is 5.87. The van der Waals surface area contributed by atoms with Gasteiger partial charge < -0.3 is 19.5 Å². The van der Waals surface area contributed by atoms with E-state index in [1.54, 1.807) is 37.6 Å². The highest BCUT2D eigenvalue weighted by atomic mass is 32.1. The Labute approximate surface area is 197 Å². The molecule has 0 radical (unpaired) electrons. The summed E-state index contributed by atoms with van der Waals surface area (Å²) in [5, 5.41) is 4.86. The van der Waals surface area contributed by atoms with E-state index in [9.17, 15) is 9.59 Å². The molecule has 1 aromatic heterocycles. The van der Waals surface area contributed by atoms with E-state index in [2.05, 4.69) is 10.3 Å². The first-order valence-electron chi connectivity index (χ1n) is 10.6. The molecule has 0 spiro atoms. The van der Waals surface area contributed by atoms with Gasteiger partial charge in [-0.2, -0.15) is 0 Å². The van der Waals surface area contributed by atoms with Crippen LogP contribution < -0.4 is 14.8 Å². The van der Waals surface area contributed by atoms with Crippen LogP contribution >= 0.6 is 11.3 Å². The van der Waals surface area contributed by atoms with Crippen molar-refractivity contribution in [2.75, 3.05) is 7.11 Å². The third-order valence-corrected chi connectivity index (χ3v) is 5.44. The maximum Gasteiger partial charge on any atom is 0.308 e. The number of aromatic nitrogens is 1. The zero-order valence-corrected chi connectivity index (χ0v) is 20.0. The Morgan fingerprint density at radius 1 is 1.09 bits per heavy atom. The van der Waals surface area contributed by atoms with Gasteiger partial charge in [-0.3, -0.25) is 9.59 Å². The SMILES string of the molecule is COc1cc(C(=O)NC(CC(=O)OC(C)C)c2ccc(C)cc2)ccc1OCc1cscn1. The molecule has 33 heavy (non-hydrogen) atoms. The van der Waals surface area contributed by atoms with Crippen LogP contribution in [-0.4, -0.2) is 30.1 Å². The van der Waals surface area contributed by atoms with Crippen molar-refractivity contribution < 1.29 is 23.8 Å². The number of amides is 1. The molecule has 0 saturated carbocycles. The second kappa shape index (κ2) is 11.5. The van der Waals surface area contributed by atoms with E-state index in [1.165, 1.54) is 18.4 Å². The van der Waals surface area contributed by atoms with E-state index in [-0.39, 0.29) is 24.4 Å². The van der Waals surface area contributed by atoms with Gasteiger partial charge in [-0.25, -0.2) is 4.98 Å². The minimum atomic E-state index is -0.532. The van der Waals surface area contributed by atoms with E-state index in [1.807, 2.05) is 36.6 Å². The average molecular weight is 469 g/mol. The van der Waals surface area contributed by atoms with Gasteiger partial charge in [0, 0.05) is 10.9 Å². The zero-order valence-electron chi connectivity index (χ0n) is 19.2. The van der Waals surface area contributed by atoms with Crippen LogP contribution in [0.25, 0.3) is 0 Å². The third kappa shape index (κ3) is 7.05. The largest absolute Gasteiger partial charge is 0.493 e. The Morgan fingerprint density at radius 2 is 1.85 bits per heavy atom. The van der Waals surface area contributed by atoms with Crippen LogP contribution in [0, 0.1) is 6.92 Å². The molecule has 3 rings (SSSR count). The molecule has 0 aliphatic heterocycles. The monoisotopic (exact) mass is 468 g/mol. The zero-order chi connectivity index (χ0) is 23.8. The van der Waals surface area contributed by atoms with Crippen LogP contribution in [0.1, 0.15) is 53.5 Å². The minimum Gasteiger partial charge on any atom is -0.493 e. The van der Waals surface area contributed by atoms with Crippen LogP contribution in [0.2, 0.25) is 0 Å². The lowest BCUT2D eigenvalue weighted by Crippen LogP contribution is -2.31. The number of aryl methyl sites for hydroxylation is 1.